The van der Waals surface area contributed by atoms with Crippen LogP contribution in [0.3, 0.4) is 0 Å². The molecule has 0 amide bonds. The van der Waals surface area contributed by atoms with Crippen LogP contribution in [0, 0.1) is 0 Å². The van der Waals surface area contributed by atoms with Crippen molar-refractivity contribution in [2.75, 3.05) is 14.2 Å². The Kier molecular flexibility index (Phi) is 4.49. The molecular weight excluding hydrogens is 298 g/mol. The maximum absolute atomic E-state index is 11.7. The first-order valence-corrected chi connectivity index (χ1v) is 6.23. The van der Waals surface area contributed by atoms with Gasteiger partial charge in [-0.15, -0.1) is 0 Å². The summed E-state index contributed by atoms with van der Waals surface area (Å²) in [6.07, 6.45) is 0. The summed E-state index contributed by atoms with van der Waals surface area (Å²) < 4.78 is 15.8. The van der Waals surface area contributed by atoms with Crippen LogP contribution in [-0.2, 0) is 0 Å². The van der Waals surface area contributed by atoms with Gasteiger partial charge in [0.2, 0.25) is 5.17 Å². The van der Waals surface area contributed by atoms with Crippen molar-refractivity contribution in [3.8, 4) is 22.8 Å². The summed E-state index contributed by atoms with van der Waals surface area (Å²) in [6.45, 7) is 0. The maximum atomic E-state index is 11.7. The number of ketones is 1. The normalized spacial score (nSPS) is 11.3. The first-order chi connectivity index (χ1) is 10.1. The van der Waals surface area contributed by atoms with Gasteiger partial charge in [-0.25, -0.2) is 0 Å². The fourth-order valence-electron chi connectivity index (χ4n) is 1.75. The fraction of sp³-hybridized carbons (Fsp3) is 0.143. The summed E-state index contributed by atoms with van der Waals surface area (Å²) in [5, 5.41) is 10.5. The predicted octanol–water partition coefficient (Wildman–Crippen LogP) is 3.17. The molecule has 1 N–H and O–H groups in total. The second kappa shape index (κ2) is 6.32. The van der Waals surface area contributed by atoms with Crippen LogP contribution in [0.5, 0.6) is 11.5 Å². The molecule has 6 nitrogen and oxygen atoms in total. The minimum Gasteiger partial charge on any atom is -0.493 e. The number of hydrogen-bond donors (Lipinski definition) is 1. The van der Waals surface area contributed by atoms with Crippen molar-refractivity contribution in [3.63, 3.8) is 0 Å². The van der Waals surface area contributed by atoms with Crippen molar-refractivity contribution in [2.24, 2.45) is 5.16 Å². The van der Waals surface area contributed by atoms with Gasteiger partial charge >= 0.3 is 0 Å². The summed E-state index contributed by atoms with van der Waals surface area (Å²) in [5.41, 5.74) is 0.698. The number of rotatable bonds is 5. The molecule has 0 saturated heterocycles. The SMILES string of the molecule is COc1ccc(-c2ccc(C(=O)C(Cl)=NO)o2)cc1OC. The molecule has 0 fully saturated rings. The van der Waals surface area contributed by atoms with E-state index in [4.69, 9.17) is 30.7 Å². The van der Waals surface area contributed by atoms with E-state index in [1.165, 1.54) is 20.3 Å². The largest absolute Gasteiger partial charge is 0.493 e. The molecule has 0 unspecified atom stereocenters. The number of halogens is 1. The van der Waals surface area contributed by atoms with Crippen LogP contribution in [0.25, 0.3) is 11.3 Å². The number of Topliss-reactive ketones (excluding diaryl/α,β-unsaturated/α-hetero) is 1. The smallest absolute Gasteiger partial charge is 0.261 e. The first-order valence-electron chi connectivity index (χ1n) is 5.85. The van der Waals surface area contributed by atoms with Crippen LogP contribution in [0.2, 0.25) is 0 Å². The number of carbonyl (C=O) groups is 1. The Labute approximate surface area is 125 Å². The zero-order valence-electron chi connectivity index (χ0n) is 11.3. The average Bonchev–Trinajstić information content (AvgIpc) is 3.02. The van der Waals surface area contributed by atoms with E-state index < -0.39 is 11.0 Å². The van der Waals surface area contributed by atoms with E-state index in [0.29, 0.717) is 22.8 Å². The van der Waals surface area contributed by atoms with Gasteiger partial charge in [0.05, 0.1) is 14.2 Å². The van der Waals surface area contributed by atoms with Crippen LogP contribution in [0.1, 0.15) is 10.6 Å². The number of oxime groups is 1. The third kappa shape index (κ3) is 3.00. The van der Waals surface area contributed by atoms with E-state index in [2.05, 4.69) is 5.16 Å². The lowest BCUT2D eigenvalue weighted by molar-refractivity contribution is 0.104. The molecule has 0 bridgehead atoms. The number of benzene rings is 1. The van der Waals surface area contributed by atoms with Gasteiger partial charge < -0.3 is 19.1 Å². The van der Waals surface area contributed by atoms with Crippen molar-refractivity contribution >= 4 is 22.6 Å². The number of furan rings is 1. The highest BCUT2D eigenvalue weighted by Gasteiger charge is 2.18. The minimum absolute atomic E-state index is 0.0254. The van der Waals surface area contributed by atoms with Crippen LogP contribution in [-0.4, -0.2) is 30.4 Å². The highest BCUT2D eigenvalue weighted by atomic mass is 35.5. The highest BCUT2D eigenvalue weighted by molar-refractivity contribution is 6.84. The fourth-order valence-corrected chi connectivity index (χ4v) is 1.84. The Morgan fingerprint density at radius 2 is 1.90 bits per heavy atom. The molecule has 1 aromatic heterocycles. The molecule has 0 atom stereocenters. The van der Waals surface area contributed by atoms with Crippen molar-refractivity contribution in [1.29, 1.82) is 0 Å². The van der Waals surface area contributed by atoms with E-state index in [0.717, 1.165) is 0 Å². The first kappa shape index (κ1) is 14.9. The quantitative estimate of drug-likeness (QED) is 0.397. The summed E-state index contributed by atoms with van der Waals surface area (Å²) >= 11 is 5.45. The van der Waals surface area contributed by atoms with Gasteiger partial charge in [-0.05, 0) is 30.3 Å². The molecule has 21 heavy (non-hydrogen) atoms. The lowest BCUT2D eigenvalue weighted by atomic mass is 10.1. The molecule has 0 radical (unpaired) electrons. The Bertz CT molecular complexity index is 692. The number of nitrogens with zero attached hydrogens (tertiary/aromatic N) is 1. The Morgan fingerprint density at radius 1 is 1.19 bits per heavy atom. The predicted molar refractivity (Wildman–Crippen MR) is 76.7 cm³/mol. The molecule has 0 saturated carbocycles. The summed E-state index contributed by atoms with van der Waals surface area (Å²) in [5.74, 6) is 0.837. The summed E-state index contributed by atoms with van der Waals surface area (Å²) in [7, 11) is 3.06. The van der Waals surface area contributed by atoms with Gasteiger partial charge in [0.25, 0.3) is 5.78 Å². The van der Waals surface area contributed by atoms with Gasteiger partial charge in [0, 0.05) is 5.56 Å². The highest BCUT2D eigenvalue weighted by Crippen LogP contribution is 2.33. The second-order valence-electron chi connectivity index (χ2n) is 3.95. The third-order valence-electron chi connectivity index (χ3n) is 2.77. The van der Waals surface area contributed by atoms with Gasteiger partial charge in [0.1, 0.15) is 5.76 Å². The molecule has 0 aliphatic carbocycles. The zero-order valence-corrected chi connectivity index (χ0v) is 12.0. The summed E-state index contributed by atoms with van der Waals surface area (Å²) in [4.78, 5) is 11.7. The molecule has 1 aromatic carbocycles. The van der Waals surface area contributed by atoms with Crippen molar-refractivity contribution < 1.29 is 23.9 Å². The van der Waals surface area contributed by atoms with Crippen molar-refractivity contribution in [1.82, 2.24) is 0 Å². The van der Waals surface area contributed by atoms with E-state index in [1.54, 1.807) is 24.3 Å². The van der Waals surface area contributed by atoms with Crippen LogP contribution in [0.15, 0.2) is 39.9 Å². The third-order valence-corrected chi connectivity index (χ3v) is 3.02. The number of methoxy groups -OCH3 is 2. The molecule has 0 aliphatic rings. The monoisotopic (exact) mass is 309 g/mol. The minimum atomic E-state index is -0.703. The van der Waals surface area contributed by atoms with Crippen molar-refractivity contribution in [3.05, 3.63) is 36.1 Å². The number of hydrogen-bond acceptors (Lipinski definition) is 6. The van der Waals surface area contributed by atoms with Crippen LogP contribution in [0.4, 0.5) is 0 Å². The molecule has 2 rings (SSSR count). The van der Waals surface area contributed by atoms with E-state index in [-0.39, 0.29) is 5.76 Å². The Morgan fingerprint density at radius 3 is 2.52 bits per heavy atom. The van der Waals surface area contributed by atoms with E-state index >= 15 is 0 Å². The standard InChI is InChI=1S/C14H12ClNO5/c1-19-10-4-3-8(7-12(10)20-2)9-5-6-11(21-9)13(17)14(15)16-18/h3-7,18H,1-2H3. The van der Waals surface area contributed by atoms with Crippen molar-refractivity contribution in [2.45, 2.75) is 0 Å². The lowest BCUT2D eigenvalue weighted by Crippen LogP contribution is -2.06. The second-order valence-corrected chi connectivity index (χ2v) is 4.31. The van der Waals surface area contributed by atoms with Gasteiger partial charge in [-0.2, -0.15) is 0 Å². The number of ether oxygens (including phenoxy) is 2. The van der Waals surface area contributed by atoms with E-state index in [1.807, 2.05) is 0 Å². The molecule has 1 heterocycles. The summed E-state index contributed by atoms with van der Waals surface area (Å²) in [6, 6.07) is 8.25. The Balaban J connectivity index is 2.36. The molecule has 0 spiro atoms. The zero-order chi connectivity index (χ0) is 15.4. The molecule has 0 aliphatic heterocycles. The maximum Gasteiger partial charge on any atom is 0.261 e. The molecule has 2 aromatic rings. The van der Waals surface area contributed by atoms with E-state index in [9.17, 15) is 4.79 Å². The van der Waals surface area contributed by atoms with Gasteiger partial charge in [-0.3, -0.25) is 4.79 Å². The molecule has 7 heteroatoms. The van der Waals surface area contributed by atoms with Crippen LogP contribution >= 0.6 is 11.6 Å². The topological polar surface area (TPSA) is 81.3 Å². The number of carbonyl (C=O) groups excluding carboxylic acids is 1. The van der Waals surface area contributed by atoms with Gasteiger partial charge in [-0.1, -0.05) is 16.8 Å². The lowest BCUT2D eigenvalue weighted by Gasteiger charge is -2.08. The van der Waals surface area contributed by atoms with Crippen LogP contribution < -0.4 is 9.47 Å². The average molecular weight is 310 g/mol. The molecule has 110 valence electrons. The molecular formula is C14H12ClNO5. The van der Waals surface area contributed by atoms with Gasteiger partial charge in [0.15, 0.2) is 17.3 Å². The Hall–Kier alpha value is -2.47.